The molecule has 6 N–H and O–H groups in total. The van der Waals surface area contributed by atoms with Gasteiger partial charge in [0.15, 0.2) is 5.82 Å². The molecular weight excluding hydrogens is 1030 g/mol. The zero-order valence-electron chi connectivity index (χ0n) is 42.0. The predicted octanol–water partition coefficient (Wildman–Crippen LogP) is 4.73. The van der Waals surface area contributed by atoms with E-state index in [2.05, 4.69) is 51.6 Å². The number of halogens is 8. The van der Waals surface area contributed by atoms with Crippen LogP contribution in [-0.4, -0.2) is 159 Å². The number of ether oxygens (including phenoxy) is 2. The summed E-state index contributed by atoms with van der Waals surface area (Å²) >= 11 is 0. The molecule has 7 rings (SSSR count). The molecule has 2 aromatic heterocycles. The predicted molar refractivity (Wildman–Crippen MR) is 257 cm³/mol. The average molecular weight is 1090 g/mol. The molecule has 0 unspecified atom stereocenters. The number of piperazine rings is 1. The van der Waals surface area contributed by atoms with Crippen molar-refractivity contribution in [2.75, 3.05) is 44.9 Å². The van der Waals surface area contributed by atoms with Crippen LogP contribution in [-0.2, 0) is 32.0 Å². The van der Waals surface area contributed by atoms with Gasteiger partial charge in [0.05, 0.1) is 54.9 Å². The molecule has 5 heterocycles. The molecule has 2 aromatic carbocycles. The SMILES string of the molecule is COC(=O)N[C@H](C(=O)N[C@@H](Cc1ccc(C#Cc2cnc(N3C[C@H]4C[C@@H]3CN4C3COC3)nc2)cc1)[C@@H](O)CN(Cc1c(F)cc(-c2ncccn2)cc1F)NC(=O)[C@@H](NC(=O)O)C(C)(C)C(F)(F)F)C(C)(C)C(F)(F)F. The van der Waals surface area contributed by atoms with E-state index >= 15 is 8.78 Å². The third-order valence-corrected chi connectivity index (χ3v) is 14.0. The van der Waals surface area contributed by atoms with E-state index in [4.69, 9.17) is 4.74 Å². The largest absolute Gasteiger partial charge is 0.465 e. The van der Waals surface area contributed by atoms with Gasteiger partial charge in [-0.15, -0.1) is 0 Å². The zero-order chi connectivity index (χ0) is 56.2. The van der Waals surface area contributed by atoms with Crippen LogP contribution < -0.4 is 26.3 Å². The quantitative estimate of drug-likeness (QED) is 0.0449. The smallest absolute Gasteiger partial charge is 0.407 e. The molecule has 3 fully saturated rings. The molecule has 4 aromatic rings. The highest BCUT2D eigenvalue weighted by Gasteiger charge is 2.57. The number of anilines is 1. The number of aliphatic hydroxyl groups excluding tert-OH is 1. The number of hydrogen-bond acceptors (Lipinski definition) is 14. The highest BCUT2D eigenvalue weighted by Crippen LogP contribution is 2.42. The standard InChI is InChI=1S/C50H55F8N11O8/c1-47(2,49(53,54)55)39(65-46(75)76-5)42(71)63-37(15-28-10-7-27(8-11-28)9-12-29-19-61-44(62-20-29)69-22-31-18-32(69)21-68(31)33-25-77-26-33)38(70)24-67(66-43(72)40(64-45(73)74)48(3,4)50(56,57)58)23-34-35(51)16-30(17-36(34)52)41-59-13-6-14-60-41/h6-8,10-11,13-14,16-17,19-20,31-33,37-40,64,70H,15,18,21-26H2,1-5H3,(H,63,71)(H,65,75)(H,66,72)(H,73,74)/t31-,32-,37+,38+,39-,40-/m1/s1. The number of fused-ring (bicyclic) bond motifs is 2. The van der Waals surface area contributed by atoms with Gasteiger partial charge in [-0.05, 0) is 76.4 Å². The number of methoxy groups -OCH3 is 1. The van der Waals surface area contributed by atoms with Crippen molar-refractivity contribution in [3.8, 4) is 23.2 Å². The molecule has 19 nitrogen and oxygen atoms in total. The summed E-state index contributed by atoms with van der Waals surface area (Å²) in [5, 5.41) is 27.7. The van der Waals surface area contributed by atoms with Gasteiger partial charge < -0.3 is 40.5 Å². The number of aliphatic hydroxyl groups is 1. The number of aromatic nitrogens is 4. The number of benzene rings is 2. The maximum atomic E-state index is 15.9. The highest BCUT2D eigenvalue weighted by molar-refractivity contribution is 5.87. The second-order valence-corrected chi connectivity index (χ2v) is 19.9. The van der Waals surface area contributed by atoms with Gasteiger partial charge >= 0.3 is 24.5 Å². The van der Waals surface area contributed by atoms with Gasteiger partial charge in [0.1, 0.15) is 23.7 Å². The van der Waals surface area contributed by atoms with Crippen LogP contribution >= 0.6 is 0 Å². The second-order valence-electron chi connectivity index (χ2n) is 19.9. The van der Waals surface area contributed by atoms with Crippen molar-refractivity contribution >= 4 is 29.9 Å². The van der Waals surface area contributed by atoms with Gasteiger partial charge in [-0.1, -0.05) is 24.0 Å². The third kappa shape index (κ3) is 13.3. The molecule has 6 atom stereocenters. The van der Waals surface area contributed by atoms with Crippen molar-refractivity contribution in [2.24, 2.45) is 10.8 Å². The first-order chi connectivity index (χ1) is 36.2. The monoisotopic (exact) mass is 1090 g/mol. The second kappa shape index (κ2) is 23.1. The molecule has 0 spiro atoms. The van der Waals surface area contributed by atoms with E-state index in [0.717, 1.165) is 52.0 Å². The molecule has 3 aliphatic rings. The summed E-state index contributed by atoms with van der Waals surface area (Å²) in [7, 11) is 0.830. The molecule has 3 saturated heterocycles. The number of nitrogens with one attached hydrogen (secondary N) is 4. The summed E-state index contributed by atoms with van der Waals surface area (Å²) in [5.74, 6) is 0.563. The number of alkyl carbamates (subject to hydrolysis) is 1. The lowest BCUT2D eigenvalue weighted by atomic mass is 9.82. The number of rotatable bonds is 18. The normalized spacial score (nSPS) is 18.6. The Morgan fingerprint density at radius 3 is 1.91 bits per heavy atom. The fraction of sp³-hybridized carbons (Fsp3) is 0.480. The van der Waals surface area contributed by atoms with Crippen LogP contribution in [0.3, 0.4) is 0 Å². The molecule has 2 bridgehead atoms. The first-order valence-electron chi connectivity index (χ1n) is 24.0. The van der Waals surface area contributed by atoms with E-state index in [1.54, 1.807) is 12.4 Å². The molecule has 0 saturated carbocycles. The van der Waals surface area contributed by atoms with Gasteiger partial charge in [-0.25, -0.2) is 43.3 Å². The number of carbonyl (C=O) groups excluding carboxylic acids is 3. The molecule has 0 radical (unpaired) electrons. The van der Waals surface area contributed by atoms with Crippen molar-refractivity contribution in [3.63, 3.8) is 0 Å². The Balaban J connectivity index is 1.17. The first-order valence-corrected chi connectivity index (χ1v) is 24.0. The van der Waals surface area contributed by atoms with Crippen molar-refractivity contribution in [3.05, 3.63) is 101 Å². The van der Waals surface area contributed by atoms with Crippen molar-refractivity contribution in [2.45, 2.75) is 102 Å². The lowest BCUT2D eigenvalue weighted by Crippen LogP contribution is -2.63. The highest BCUT2D eigenvalue weighted by atomic mass is 19.4. The van der Waals surface area contributed by atoms with Crippen LogP contribution in [0.25, 0.3) is 11.4 Å². The minimum absolute atomic E-state index is 0.113. The fourth-order valence-electron chi connectivity index (χ4n) is 9.03. The fourth-order valence-corrected chi connectivity index (χ4v) is 9.03. The minimum Gasteiger partial charge on any atom is -0.465 e. The lowest BCUT2D eigenvalue weighted by molar-refractivity contribution is -0.221. The molecule has 3 aliphatic heterocycles. The van der Waals surface area contributed by atoms with Crippen LogP contribution in [0.5, 0.6) is 0 Å². The van der Waals surface area contributed by atoms with Crippen LogP contribution in [0.2, 0.25) is 0 Å². The molecule has 414 valence electrons. The maximum absolute atomic E-state index is 15.9. The van der Waals surface area contributed by atoms with Crippen LogP contribution in [0.4, 0.5) is 50.7 Å². The van der Waals surface area contributed by atoms with Gasteiger partial charge in [0, 0.05) is 79.7 Å². The van der Waals surface area contributed by atoms with Gasteiger partial charge in [-0.2, -0.15) is 26.3 Å². The minimum atomic E-state index is -5.24. The van der Waals surface area contributed by atoms with Crippen LogP contribution in [0.1, 0.15) is 56.4 Å². The van der Waals surface area contributed by atoms with Crippen molar-refractivity contribution in [1.29, 1.82) is 0 Å². The summed E-state index contributed by atoms with van der Waals surface area (Å²) in [6.45, 7) is 3.21. The Labute approximate surface area is 436 Å². The average Bonchev–Trinajstić information content (AvgIpc) is 4.02. The lowest BCUT2D eigenvalue weighted by Gasteiger charge is -2.42. The number of likely N-dealkylation sites (tertiary alicyclic amines) is 1. The molecular formula is C50H55F8N11O8. The topological polar surface area (TPSA) is 237 Å². The van der Waals surface area contributed by atoms with Crippen molar-refractivity contribution < 1.29 is 74.0 Å². The number of amides is 4. The van der Waals surface area contributed by atoms with E-state index in [1.807, 2.05) is 10.7 Å². The van der Waals surface area contributed by atoms with Gasteiger partial charge in [0.25, 0.3) is 5.91 Å². The van der Waals surface area contributed by atoms with E-state index in [0.29, 0.717) is 61.9 Å². The van der Waals surface area contributed by atoms with E-state index in [9.17, 15) is 55.7 Å². The Morgan fingerprint density at radius 2 is 1.39 bits per heavy atom. The number of hydrogen-bond donors (Lipinski definition) is 6. The van der Waals surface area contributed by atoms with E-state index in [-0.39, 0.29) is 23.0 Å². The number of alkyl halides is 6. The number of carbonyl (C=O) groups is 4. The molecule has 0 aliphatic carbocycles. The Kier molecular flexibility index (Phi) is 17.3. The maximum Gasteiger partial charge on any atom is 0.407 e. The van der Waals surface area contributed by atoms with E-state index in [1.165, 1.54) is 48.0 Å². The van der Waals surface area contributed by atoms with Crippen LogP contribution in [0.15, 0.2) is 67.3 Å². The summed E-state index contributed by atoms with van der Waals surface area (Å²) in [6.07, 6.45) is -9.72. The number of carboxylic acid groups (broad SMARTS) is 1. The summed E-state index contributed by atoms with van der Waals surface area (Å²) in [6, 6.07) is 3.40. The third-order valence-electron chi connectivity index (χ3n) is 14.0. The molecule has 4 amide bonds. The molecule has 27 heteroatoms. The summed E-state index contributed by atoms with van der Waals surface area (Å²) in [5.41, 5.74) is -3.95. The number of hydrazine groups is 1. The summed E-state index contributed by atoms with van der Waals surface area (Å²) < 4.78 is 128. The molecule has 77 heavy (non-hydrogen) atoms. The van der Waals surface area contributed by atoms with Gasteiger partial charge in [0.2, 0.25) is 11.9 Å². The van der Waals surface area contributed by atoms with Crippen LogP contribution in [0, 0.1) is 34.3 Å². The zero-order valence-corrected chi connectivity index (χ0v) is 42.0. The summed E-state index contributed by atoms with van der Waals surface area (Å²) in [4.78, 5) is 73.6. The first kappa shape index (κ1) is 57.4. The Hall–Kier alpha value is -7.28. The number of nitrogens with zero attached hydrogens (tertiary/aromatic N) is 7. The van der Waals surface area contributed by atoms with Crippen molar-refractivity contribution in [1.82, 2.24) is 51.2 Å². The Morgan fingerprint density at radius 1 is 0.805 bits per heavy atom. The van der Waals surface area contributed by atoms with E-state index < -0.39 is 108 Å². The Bertz CT molecular complexity index is 2810. The van der Waals surface area contributed by atoms with Gasteiger partial charge in [-0.3, -0.25) is 19.9 Å².